The fourth-order valence-corrected chi connectivity index (χ4v) is 3.26. The number of H-pyrrole nitrogens is 1. The third-order valence-electron chi connectivity index (χ3n) is 4.79. The predicted molar refractivity (Wildman–Crippen MR) is 113 cm³/mol. The molecule has 4 rings (SSSR count). The number of ether oxygens (including phenoxy) is 1. The Kier molecular flexibility index (Phi) is 6.17. The van der Waals surface area contributed by atoms with Gasteiger partial charge in [0.25, 0.3) is 0 Å². The zero-order valence-electron chi connectivity index (χ0n) is 16.2. The molecule has 0 fully saturated rings. The molecule has 0 aliphatic carbocycles. The zero-order chi connectivity index (χ0) is 19.9. The highest BCUT2D eigenvalue weighted by molar-refractivity contribution is 5.74. The van der Waals surface area contributed by atoms with Crippen LogP contribution in [0.15, 0.2) is 72.8 Å². The second-order valence-corrected chi connectivity index (χ2v) is 7.01. The zero-order valence-corrected chi connectivity index (χ0v) is 16.2. The first-order chi connectivity index (χ1) is 14.3. The molecule has 0 amide bonds. The largest absolute Gasteiger partial charge is 0.489 e. The number of aromatic amines is 1. The van der Waals surface area contributed by atoms with Crippen molar-refractivity contribution in [2.75, 3.05) is 6.54 Å². The smallest absolute Gasteiger partial charge is 0.129 e. The van der Waals surface area contributed by atoms with Crippen molar-refractivity contribution < 1.29 is 9.13 Å². The highest BCUT2D eigenvalue weighted by Crippen LogP contribution is 2.16. The van der Waals surface area contributed by atoms with E-state index in [-0.39, 0.29) is 12.4 Å². The Labute approximate surface area is 169 Å². The summed E-state index contributed by atoms with van der Waals surface area (Å²) in [5.74, 6) is 1.53. The number of aromatic nitrogens is 2. The highest BCUT2D eigenvalue weighted by Gasteiger charge is 2.04. The molecule has 3 aromatic carbocycles. The first kappa shape index (κ1) is 19.2. The van der Waals surface area contributed by atoms with E-state index in [1.165, 1.54) is 6.07 Å². The molecule has 0 aliphatic heterocycles. The molecule has 29 heavy (non-hydrogen) atoms. The van der Waals surface area contributed by atoms with Crippen LogP contribution in [0.4, 0.5) is 4.39 Å². The SMILES string of the molecule is Fc1ccccc1COc1cccc(CNCCCc2nc3ccccc3[nH]2)c1. The Morgan fingerprint density at radius 2 is 1.83 bits per heavy atom. The normalized spacial score (nSPS) is 11.1. The Balaban J connectivity index is 1.21. The van der Waals surface area contributed by atoms with E-state index in [1.54, 1.807) is 12.1 Å². The van der Waals surface area contributed by atoms with Crippen molar-refractivity contribution in [1.29, 1.82) is 0 Å². The Morgan fingerprint density at radius 1 is 0.966 bits per heavy atom. The maximum Gasteiger partial charge on any atom is 0.129 e. The molecule has 4 nitrogen and oxygen atoms in total. The summed E-state index contributed by atoms with van der Waals surface area (Å²) < 4.78 is 19.4. The maximum absolute atomic E-state index is 13.7. The van der Waals surface area contributed by atoms with Crippen molar-refractivity contribution in [2.24, 2.45) is 0 Å². The Morgan fingerprint density at radius 3 is 2.72 bits per heavy atom. The van der Waals surface area contributed by atoms with Gasteiger partial charge in [0.1, 0.15) is 24.0 Å². The summed E-state index contributed by atoms with van der Waals surface area (Å²) in [5, 5.41) is 3.46. The van der Waals surface area contributed by atoms with Crippen LogP contribution in [-0.4, -0.2) is 16.5 Å². The quantitative estimate of drug-likeness (QED) is 0.396. The van der Waals surface area contributed by atoms with E-state index < -0.39 is 0 Å². The van der Waals surface area contributed by atoms with Crippen LogP contribution in [0.5, 0.6) is 5.75 Å². The maximum atomic E-state index is 13.7. The number of benzene rings is 3. The molecular formula is C24H24FN3O. The summed E-state index contributed by atoms with van der Waals surface area (Å²) in [5.41, 5.74) is 3.80. The molecule has 0 radical (unpaired) electrons. The van der Waals surface area contributed by atoms with Crippen molar-refractivity contribution in [2.45, 2.75) is 26.0 Å². The Bertz CT molecular complexity index is 1040. The fourth-order valence-electron chi connectivity index (χ4n) is 3.26. The van der Waals surface area contributed by atoms with Crippen LogP contribution in [0.1, 0.15) is 23.4 Å². The molecule has 0 spiro atoms. The van der Waals surface area contributed by atoms with Crippen molar-refractivity contribution in [3.63, 3.8) is 0 Å². The predicted octanol–water partition coefficient (Wildman–Crippen LogP) is 5.00. The second-order valence-electron chi connectivity index (χ2n) is 7.01. The number of para-hydroxylation sites is 2. The number of nitrogens with one attached hydrogen (secondary N) is 2. The third kappa shape index (κ3) is 5.21. The highest BCUT2D eigenvalue weighted by atomic mass is 19.1. The molecule has 0 unspecified atom stereocenters. The van der Waals surface area contributed by atoms with Gasteiger partial charge in [-0.05, 0) is 48.9 Å². The van der Waals surface area contributed by atoms with Gasteiger partial charge < -0.3 is 15.0 Å². The van der Waals surface area contributed by atoms with Crippen LogP contribution in [0.2, 0.25) is 0 Å². The summed E-state index contributed by atoms with van der Waals surface area (Å²) in [7, 11) is 0. The number of hydrogen-bond acceptors (Lipinski definition) is 3. The van der Waals surface area contributed by atoms with Gasteiger partial charge in [0, 0.05) is 18.5 Å². The van der Waals surface area contributed by atoms with Gasteiger partial charge in [-0.15, -0.1) is 0 Å². The van der Waals surface area contributed by atoms with Crippen molar-refractivity contribution in [1.82, 2.24) is 15.3 Å². The molecule has 2 N–H and O–H groups in total. The van der Waals surface area contributed by atoms with Crippen molar-refractivity contribution >= 4 is 11.0 Å². The van der Waals surface area contributed by atoms with Crippen LogP contribution >= 0.6 is 0 Å². The topological polar surface area (TPSA) is 49.9 Å². The minimum Gasteiger partial charge on any atom is -0.489 e. The Hall–Kier alpha value is -3.18. The minimum atomic E-state index is -0.241. The number of hydrogen-bond donors (Lipinski definition) is 2. The van der Waals surface area contributed by atoms with E-state index >= 15 is 0 Å². The number of rotatable bonds is 9. The molecule has 1 heterocycles. The average Bonchev–Trinajstić information content (AvgIpc) is 3.16. The van der Waals surface area contributed by atoms with Crippen LogP contribution in [0, 0.1) is 5.82 Å². The summed E-state index contributed by atoms with van der Waals surface area (Å²) in [6.07, 6.45) is 1.91. The lowest BCUT2D eigenvalue weighted by atomic mass is 10.2. The van der Waals surface area contributed by atoms with Gasteiger partial charge >= 0.3 is 0 Å². The van der Waals surface area contributed by atoms with E-state index in [1.807, 2.05) is 48.5 Å². The minimum absolute atomic E-state index is 0.223. The van der Waals surface area contributed by atoms with E-state index in [0.717, 1.165) is 54.1 Å². The van der Waals surface area contributed by atoms with Gasteiger partial charge in [0.2, 0.25) is 0 Å². The van der Waals surface area contributed by atoms with Crippen LogP contribution in [0.3, 0.4) is 0 Å². The van der Waals surface area contributed by atoms with Crippen LogP contribution in [0.25, 0.3) is 11.0 Å². The van der Waals surface area contributed by atoms with E-state index in [2.05, 4.69) is 21.4 Å². The van der Waals surface area contributed by atoms with Crippen molar-refractivity contribution in [3.05, 3.63) is 95.6 Å². The molecule has 5 heteroatoms. The summed E-state index contributed by atoms with van der Waals surface area (Å²) in [6, 6.07) is 22.7. The summed E-state index contributed by atoms with van der Waals surface area (Å²) in [4.78, 5) is 7.97. The summed E-state index contributed by atoms with van der Waals surface area (Å²) in [6.45, 7) is 1.88. The molecule has 0 saturated carbocycles. The number of aryl methyl sites for hydroxylation is 1. The van der Waals surface area contributed by atoms with Crippen LogP contribution in [-0.2, 0) is 19.6 Å². The van der Waals surface area contributed by atoms with Gasteiger partial charge in [-0.1, -0.05) is 42.5 Å². The fraction of sp³-hybridized carbons (Fsp3) is 0.208. The van der Waals surface area contributed by atoms with Gasteiger partial charge in [-0.25, -0.2) is 9.37 Å². The molecule has 1 aromatic heterocycles. The van der Waals surface area contributed by atoms with Gasteiger partial charge in [-0.3, -0.25) is 0 Å². The number of fused-ring (bicyclic) bond motifs is 1. The number of halogens is 1. The molecule has 0 saturated heterocycles. The molecule has 0 aliphatic rings. The van der Waals surface area contributed by atoms with E-state index in [9.17, 15) is 4.39 Å². The molecular weight excluding hydrogens is 365 g/mol. The molecule has 148 valence electrons. The first-order valence-corrected chi connectivity index (χ1v) is 9.87. The number of imidazole rings is 1. The average molecular weight is 389 g/mol. The lowest BCUT2D eigenvalue weighted by molar-refractivity contribution is 0.299. The van der Waals surface area contributed by atoms with Gasteiger partial charge in [0.05, 0.1) is 11.0 Å². The second kappa shape index (κ2) is 9.34. The first-order valence-electron chi connectivity index (χ1n) is 9.87. The lowest BCUT2D eigenvalue weighted by Crippen LogP contribution is -2.15. The summed E-state index contributed by atoms with van der Waals surface area (Å²) >= 11 is 0. The monoisotopic (exact) mass is 389 g/mol. The number of nitrogens with zero attached hydrogens (tertiary/aromatic N) is 1. The molecule has 4 aromatic rings. The van der Waals surface area contributed by atoms with E-state index in [4.69, 9.17) is 4.74 Å². The van der Waals surface area contributed by atoms with Crippen molar-refractivity contribution in [3.8, 4) is 5.75 Å². The van der Waals surface area contributed by atoms with Gasteiger partial charge in [-0.2, -0.15) is 0 Å². The van der Waals surface area contributed by atoms with E-state index in [0.29, 0.717) is 5.56 Å². The molecule has 0 atom stereocenters. The lowest BCUT2D eigenvalue weighted by Gasteiger charge is -2.09. The van der Waals surface area contributed by atoms with Gasteiger partial charge in [0.15, 0.2) is 0 Å². The third-order valence-corrected chi connectivity index (χ3v) is 4.79. The molecule has 0 bridgehead atoms. The standard InChI is InChI=1S/C24H24FN3O/c25-21-10-2-1-8-19(21)17-29-20-9-5-7-18(15-20)16-26-14-6-13-24-27-22-11-3-4-12-23(22)28-24/h1-5,7-12,15,26H,6,13-14,16-17H2,(H,27,28). The van der Waals surface area contributed by atoms with Crippen LogP contribution < -0.4 is 10.1 Å².